The van der Waals surface area contributed by atoms with Gasteiger partial charge in [0.1, 0.15) is 0 Å². The van der Waals surface area contributed by atoms with Gasteiger partial charge in [0, 0.05) is 13.1 Å². The normalized spacial score (nSPS) is 13.3. The summed E-state index contributed by atoms with van der Waals surface area (Å²) in [5.74, 6) is -0.655. The number of urea groups is 1. The van der Waals surface area contributed by atoms with Gasteiger partial charge in [0.05, 0.1) is 6.10 Å². The number of amides is 2. The summed E-state index contributed by atoms with van der Waals surface area (Å²) >= 11 is 0. The van der Waals surface area contributed by atoms with Crippen molar-refractivity contribution in [1.29, 1.82) is 0 Å². The molecule has 1 heterocycles. The maximum absolute atomic E-state index is 13.1. The van der Waals surface area contributed by atoms with E-state index in [1.807, 2.05) is 18.2 Å². The standard InChI is InChI=1S/C18H18F2N2O4/c19-13-3-2-12(8-14(13)20)15(23)9-22-18(24)21-6-5-11-1-4-16-17(7-11)26-10-25-16/h1-4,7-8,15,23H,5-6,9-10H2,(H2,21,22,24)/t15-/m0/s1. The molecule has 1 aliphatic rings. The summed E-state index contributed by atoms with van der Waals surface area (Å²) in [6.07, 6.45) is -0.541. The molecule has 2 aromatic rings. The molecule has 138 valence electrons. The minimum Gasteiger partial charge on any atom is -0.454 e. The Morgan fingerprint density at radius 1 is 1.08 bits per heavy atom. The van der Waals surface area contributed by atoms with Crippen LogP contribution in [0.2, 0.25) is 0 Å². The van der Waals surface area contributed by atoms with E-state index in [1.165, 1.54) is 6.07 Å². The van der Waals surface area contributed by atoms with Crippen molar-refractivity contribution in [3.05, 3.63) is 59.2 Å². The molecule has 0 spiro atoms. The fraction of sp³-hybridized carbons (Fsp3) is 0.278. The van der Waals surface area contributed by atoms with Gasteiger partial charge in [-0.05, 0) is 41.8 Å². The second kappa shape index (κ2) is 8.01. The molecule has 0 radical (unpaired) electrons. The number of rotatable bonds is 6. The van der Waals surface area contributed by atoms with E-state index >= 15 is 0 Å². The fourth-order valence-electron chi connectivity index (χ4n) is 2.51. The lowest BCUT2D eigenvalue weighted by atomic mass is 10.1. The first-order chi connectivity index (χ1) is 12.5. The maximum atomic E-state index is 13.1. The molecule has 2 amide bonds. The predicted octanol–water partition coefficient (Wildman–Crippen LogP) is 2.27. The SMILES string of the molecule is O=C(NCCc1ccc2c(c1)OCO2)NC[C@H](O)c1ccc(F)c(F)c1. The molecule has 0 fully saturated rings. The minimum absolute atomic E-state index is 0.124. The number of benzene rings is 2. The topological polar surface area (TPSA) is 79.8 Å². The van der Waals surface area contributed by atoms with E-state index in [-0.39, 0.29) is 18.9 Å². The predicted molar refractivity (Wildman–Crippen MR) is 89.0 cm³/mol. The number of nitrogens with one attached hydrogen (secondary N) is 2. The molecular formula is C18H18F2N2O4. The molecule has 0 aliphatic carbocycles. The van der Waals surface area contributed by atoms with Crippen molar-refractivity contribution >= 4 is 6.03 Å². The Kier molecular flexibility index (Phi) is 5.52. The number of hydrogen-bond acceptors (Lipinski definition) is 4. The van der Waals surface area contributed by atoms with Gasteiger partial charge in [-0.1, -0.05) is 12.1 Å². The highest BCUT2D eigenvalue weighted by molar-refractivity contribution is 5.73. The molecule has 1 atom stereocenters. The summed E-state index contributed by atoms with van der Waals surface area (Å²) in [7, 11) is 0. The molecule has 2 aromatic carbocycles. The third-order valence-corrected chi connectivity index (χ3v) is 3.92. The van der Waals surface area contributed by atoms with Gasteiger partial charge in [0.15, 0.2) is 23.1 Å². The van der Waals surface area contributed by atoms with E-state index in [0.717, 1.165) is 17.7 Å². The Morgan fingerprint density at radius 2 is 1.88 bits per heavy atom. The van der Waals surface area contributed by atoms with Crippen LogP contribution in [0.15, 0.2) is 36.4 Å². The number of carbonyl (C=O) groups excluding carboxylic acids is 1. The van der Waals surface area contributed by atoms with Crippen molar-refractivity contribution in [1.82, 2.24) is 10.6 Å². The summed E-state index contributed by atoms with van der Waals surface area (Å²) in [5.41, 5.74) is 1.17. The molecule has 0 aromatic heterocycles. The van der Waals surface area contributed by atoms with Gasteiger partial charge in [-0.2, -0.15) is 0 Å². The van der Waals surface area contributed by atoms with Crippen LogP contribution in [-0.4, -0.2) is 31.0 Å². The summed E-state index contributed by atoms with van der Waals surface area (Å²) in [4.78, 5) is 11.8. The average molecular weight is 364 g/mol. The lowest BCUT2D eigenvalue weighted by Crippen LogP contribution is -2.38. The lowest BCUT2D eigenvalue weighted by molar-refractivity contribution is 0.172. The zero-order valence-corrected chi connectivity index (χ0v) is 13.8. The van der Waals surface area contributed by atoms with Crippen molar-refractivity contribution in [2.75, 3.05) is 19.9 Å². The Balaban J connectivity index is 1.40. The molecule has 0 unspecified atom stereocenters. The van der Waals surface area contributed by atoms with Gasteiger partial charge in [0.25, 0.3) is 0 Å². The van der Waals surface area contributed by atoms with E-state index in [4.69, 9.17) is 9.47 Å². The number of hydrogen-bond donors (Lipinski definition) is 3. The van der Waals surface area contributed by atoms with Crippen LogP contribution < -0.4 is 20.1 Å². The summed E-state index contributed by atoms with van der Waals surface area (Å²) in [5, 5.41) is 15.1. The van der Waals surface area contributed by atoms with Crippen LogP contribution in [0.3, 0.4) is 0 Å². The smallest absolute Gasteiger partial charge is 0.314 e. The van der Waals surface area contributed by atoms with Crippen LogP contribution in [-0.2, 0) is 6.42 Å². The van der Waals surface area contributed by atoms with Gasteiger partial charge in [-0.25, -0.2) is 13.6 Å². The van der Waals surface area contributed by atoms with Gasteiger partial charge < -0.3 is 25.2 Å². The zero-order valence-electron chi connectivity index (χ0n) is 13.8. The van der Waals surface area contributed by atoms with E-state index in [2.05, 4.69) is 10.6 Å². The molecule has 3 rings (SSSR count). The van der Waals surface area contributed by atoms with Crippen molar-refractivity contribution in [2.24, 2.45) is 0 Å². The van der Waals surface area contributed by atoms with Crippen LogP contribution in [0.1, 0.15) is 17.2 Å². The van der Waals surface area contributed by atoms with Crippen LogP contribution in [0.25, 0.3) is 0 Å². The zero-order chi connectivity index (χ0) is 18.5. The molecule has 1 aliphatic heterocycles. The molecule has 0 saturated carbocycles. The number of ether oxygens (including phenoxy) is 2. The largest absolute Gasteiger partial charge is 0.454 e. The summed E-state index contributed by atoms with van der Waals surface area (Å²) < 4.78 is 36.5. The Labute approximate surface area is 148 Å². The second-order valence-corrected chi connectivity index (χ2v) is 5.76. The van der Waals surface area contributed by atoms with Gasteiger partial charge in [0.2, 0.25) is 6.79 Å². The second-order valence-electron chi connectivity index (χ2n) is 5.76. The Bertz CT molecular complexity index is 801. The van der Waals surface area contributed by atoms with E-state index in [1.54, 1.807) is 0 Å². The average Bonchev–Trinajstić information content (AvgIpc) is 3.10. The molecule has 8 heteroatoms. The number of aliphatic hydroxyl groups is 1. The van der Waals surface area contributed by atoms with Gasteiger partial charge in [-0.15, -0.1) is 0 Å². The van der Waals surface area contributed by atoms with Crippen LogP contribution in [0.4, 0.5) is 13.6 Å². The lowest BCUT2D eigenvalue weighted by Gasteiger charge is -2.13. The van der Waals surface area contributed by atoms with Crippen molar-refractivity contribution in [3.8, 4) is 11.5 Å². The molecule has 0 saturated heterocycles. The third kappa shape index (κ3) is 4.40. The highest BCUT2D eigenvalue weighted by atomic mass is 19.2. The van der Waals surface area contributed by atoms with E-state index in [9.17, 15) is 18.7 Å². The first kappa shape index (κ1) is 17.9. The van der Waals surface area contributed by atoms with Crippen LogP contribution >= 0.6 is 0 Å². The Hall–Kier alpha value is -2.87. The van der Waals surface area contributed by atoms with E-state index < -0.39 is 23.8 Å². The number of fused-ring (bicyclic) bond motifs is 1. The van der Waals surface area contributed by atoms with E-state index in [0.29, 0.717) is 24.5 Å². The van der Waals surface area contributed by atoms with Crippen LogP contribution in [0, 0.1) is 11.6 Å². The highest BCUT2D eigenvalue weighted by Crippen LogP contribution is 2.32. The quantitative estimate of drug-likeness (QED) is 0.735. The van der Waals surface area contributed by atoms with Gasteiger partial charge >= 0.3 is 6.03 Å². The number of halogens is 2. The highest BCUT2D eigenvalue weighted by Gasteiger charge is 2.14. The number of carbonyl (C=O) groups is 1. The monoisotopic (exact) mass is 364 g/mol. The molecule has 6 nitrogen and oxygen atoms in total. The van der Waals surface area contributed by atoms with Gasteiger partial charge in [-0.3, -0.25) is 0 Å². The minimum atomic E-state index is -1.13. The van der Waals surface area contributed by atoms with Crippen molar-refractivity contribution < 1.29 is 28.2 Å². The first-order valence-electron chi connectivity index (χ1n) is 8.06. The molecule has 3 N–H and O–H groups in total. The number of aliphatic hydroxyl groups excluding tert-OH is 1. The summed E-state index contributed by atoms with van der Waals surface area (Å²) in [6, 6.07) is 8.19. The summed E-state index contributed by atoms with van der Waals surface area (Å²) in [6.45, 7) is 0.466. The molecule has 0 bridgehead atoms. The van der Waals surface area contributed by atoms with Crippen molar-refractivity contribution in [2.45, 2.75) is 12.5 Å². The molecular weight excluding hydrogens is 346 g/mol. The molecule has 26 heavy (non-hydrogen) atoms. The van der Waals surface area contributed by atoms with Crippen LogP contribution in [0.5, 0.6) is 11.5 Å². The fourth-order valence-corrected chi connectivity index (χ4v) is 2.51. The Morgan fingerprint density at radius 3 is 2.69 bits per heavy atom. The third-order valence-electron chi connectivity index (χ3n) is 3.92. The maximum Gasteiger partial charge on any atom is 0.314 e. The van der Waals surface area contributed by atoms with Crippen molar-refractivity contribution in [3.63, 3.8) is 0 Å². The first-order valence-corrected chi connectivity index (χ1v) is 8.06.